The van der Waals surface area contributed by atoms with Crippen LogP contribution in [0.1, 0.15) is 82.1 Å². The molecule has 5 nitrogen and oxygen atoms in total. The molecule has 0 aromatic heterocycles. The average Bonchev–Trinajstić information content (AvgIpc) is 2.69. The molecule has 1 fully saturated rings. The van der Waals surface area contributed by atoms with E-state index >= 15 is 0 Å². The Morgan fingerprint density at radius 2 is 1.87 bits per heavy atom. The smallest absolute Gasteiger partial charge is 0.410 e. The van der Waals surface area contributed by atoms with Crippen LogP contribution in [0, 0.1) is 5.92 Å². The second-order valence-corrected chi connectivity index (χ2v) is 9.49. The number of rotatable bonds is 7. The van der Waals surface area contributed by atoms with Crippen LogP contribution in [0.3, 0.4) is 0 Å². The largest absolute Gasteiger partial charge is 0.444 e. The zero-order chi connectivity index (χ0) is 23.8. The Balaban J connectivity index is 3.26. The predicted molar refractivity (Wildman–Crippen MR) is 132 cm³/mol. The van der Waals surface area contributed by atoms with Crippen LogP contribution >= 0.6 is 0 Å². The van der Waals surface area contributed by atoms with Crippen LogP contribution in [0.5, 0.6) is 0 Å². The molecule has 0 radical (unpaired) electrons. The topological polar surface area (TPSA) is 45.1 Å². The molecule has 0 aliphatic carbocycles. The molecule has 0 N–H and O–H groups in total. The summed E-state index contributed by atoms with van der Waals surface area (Å²) in [6.07, 6.45) is 8.05. The lowest BCUT2D eigenvalue weighted by Gasteiger charge is -2.43. The summed E-state index contributed by atoms with van der Waals surface area (Å²) in [4.78, 5) is 21.5. The van der Waals surface area contributed by atoms with Crippen LogP contribution in [-0.2, 0) is 4.74 Å². The van der Waals surface area contributed by atoms with Gasteiger partial charge in [-0.15, -0.1) is 0 Å². The van der Waals surface area contributed by atoms with Gasteiger partial charge in [0.15, 0.2) is 0 Å². The van der Waals surface area contributed by atoms with E-state index in [1.807, 2.05) is 31.9 Å². The lowest BCUT2D eigenvalue weighted by atomic mass is 9.87. The van der Waals surface area contributed by atoms with Crippen molar-refractivity contribution < 1.29 is 9.53 Å². The Labute approximate surface area is 190 Å². The lowest BCUT2D eigenvalue weighted by molar-refractivity contribution is 0.0101. The maximum absolute atomic E-state index is 12.5. The number of ether oxygens (including phenoxy) is 1. The summed E-state index contributed by atoms with van der Waals surface area (Å²) >= 11 is 0. The van der Waals surface area contributed by atoms with Gasteiger partial charge in [-0.25, -0.2) is 4.79 Å². The zero-order valence-corrected chi connectivity index (χ0v) is 21.6. The molecule has 1 aliphatic heterocycles. The average molecular weight is 432 g/mol. The minimum atomic E-state index is -0.475. The van der Waals surface area contributed by atoms with Gasteiger partial charge < -0.3 is 14.5 Å². The number of hydrogen-bond acceptors (Lipinski definition) is 4. The lowest BCUT2D eigenvalue weighted by Crippen LogP contribution is -2.54. The monoisotopic (exact) mass is 431 g/mol. The highest BCUT2D eigenvalue weighted by Crippen LogP contribution is 2.30. The number of carbonyl (C=O) groups is 1. The predicted octanol–water partition coefficient (Wildman–Crippen LogP) is 6.58. The van der Waals surface area contributed by atoms with E-state index in [-0.39, 0.29) is 12.1 Å². The number of aliphatic imine (C=N–C) groups is 1. The summed E-state index contributed by atoms with van der Waals surface area (Å²) in [6.45, 7) is 23.0. The molecule has 1 unspecified atom stereocenters. The first-order valence-electron chi connectivity index (χ1n) is 11.8. The Morgan fingerprint density at radius 1 is 1.23 bits per heavy atom. The van der Waals surface area contributed by atoms with Crippen molar-refractivity contribution in [1.29, 1.82) is 0 Å². The highest BCUT2D eigenvalue weighted by molar-refractivity contribution is 6.03. The van der Waals surface area contributed by atoms with Crippen LogP contribution in [-0.4, -0.2) is 52.9 Å². The molecule has 0 saturated carbocycles. The minimum absolute atomic E-state index is 0.199. The number of carbonyl (C=O) groups excluding carboxylic acids is 1. The van der Waals surface area contributed by atoms with E-state index in [0.29, 0.717) is 19.0 Å². The number of piperazine rings is 1. The summed E-state index contributed by atoms with van der Waals surface area (Å²) in [6, 6.07) is 0.199. The third kappa shape index (κ3) is 7.86. The van der Waals surface area contributed by atoms with Crippen molar-refractivity contribution in [2.24, 2.45) is 10.9 Å². The molecule has 5 heteroatoms. The molecule has 0 aromatic carbocycles. The van der Waals surface area contributed by atoms with Crippen LogP contribution in [0.2, 0.25) is 0 Å². The van der Waals surface area contributed by atoms with Crippen molar-refractivity contribution in [3.05, 3.63) is 35.2 Å². The van der Waals surface area contributed by atoms with Crippen molar-refractivity contribution in [2.75, 3.05) is 19.6 Å². The van der Waals surface area contributed by atoms with E-state index < -0.39 is 5.60 Å². The van der Waals surface area contributed by atoms with E-state index in [0.717, 1.165) is 25.1 Å². The third-order valence-corrected chi connectivity index (χ3v) is 5.79. The Kier molecular flexibility index (Phi) is 10.5. The summed E-state index contributed by atoms with van der Waals surface area (Å²) in [5.41, 5.74) is 4.37. The maximum Gasteiger partial charge on any atom is 0.410 e. The van der Waals surface area contributed by atoms with E-state index in [4.69, 9.17) is 9.73 Å². The Bertz CT molecular complexity index is 725. The minimum Gasteiger partial charge on any atom is -0.444 e. The third-order valence-electron chi connectivity index (χ3n) is 5.79. The summed E-state index contributed by atoms with van der Waals surface area (Å²) in [5, 5.41) is 0. The summed E-state index contributed by atoms with van der Waals surface area (Å²) in [7, 11) is 0. The number of nitrogens with zero attached hydrogens (tertiary/aromatic N) is 3. The van der Waals surface area contributed by atoms with Crippen molar-refractivity contribution in [3.8, 4) is 0 Å². The van der Waals surface area contributed by atoms with Gasteiger partial charge >= 0.3 is 6.09 Å². The fourth-order valence-electron chi connectivity index (χ4n) is 4.00. The molecule has 176 valence electrons. The molecule has 31 heavy (non-hydrogen) atoms. The quantitative estimate of drug-likeness (QED) is 0.338. The van der Waals surface area contributed by atoms with Crippen molar-refractivity contribution in [1.82, 2.24) is 9.80 Å². The first kappa shape index (κ1) is 27.0. The molecule has 1 amide bonds. The molecule has 0 spiro atoms. The molecule has 1 heterocycles. The van der Waals surface area contributed by atoms with Crippen molar-refractivity contribution in [3.63, 3.8) is 0 Å². The maximum atomic E-state index is 12.5. The standard InChI is InChI=1S/C26H45N3O2/c1-11-14-15-27-21(6)24(23(13-3)19(4)12-2)22(7)29-17-16-28(18-20(29)5)25(30)31-26(8,9)10/h13-15,19-20H,11-12,16-18H2,1-10H3/b15-14+,23-13-,24-22-,27-21-/t19?,20-/m0/s1. The SMILES string of the molecule is C\C=C(C(/C(C)=N\C=C\CC)=C(/C)N1CCN(C(=O)OC(C)(C)C)C[C@@H]1C)\C(C)CC. The van der Waals surface area contributed by atoms with Crippen LogP contribution in [0.25, 0.3) is 0 Å². The van der Waals surface area contributed by atoms with Gasteiger partial charge in [0.1, 0.15) is 5.60 Å². The van der Waals surface area contributed by atoms with Gasteiger partial charge in [-0.2, -0.15) is 0 Å². The molecule has 2 atom stereocenters. The molecule has 0 bridgehead atoms. The van der Waals surface area contributed by atoms with Gasteiger partial charge in [-0.05, 0) is 72.8 Å². The zero-order valence-electron chi connectivity index (χ0n) is 21.6. The van der Waals surface area contributed by atoms with E-state index in [1.54, 1.807) is 0 Å². The first-order chi connectivity index (χ1) is 14.5. The van der Waals surface area contributed by atoms with Crippen molar-refractivity contribution in [2.45, 2.75) is 93.7 Å². The fourth-order valence-corrected chi connectivity index (χ4v) is 4.00. The highest BCUT2D eigenvalue weighted by atomic mass is 16.6. The van der Waals surface area contributed by atoms with Crippen LogP contribution < -0.4 is 0 Å². The highest BCUT2D eigenvalue weighted by Gasteiger charge is 2.31. The molecular weight excluding hydrogens is 386 g/mol. The van der Waals surface area contributed by atoms with Gasteiger partial charge in [-0.3, -0.25) is 4.99 Å². The van der Waals surface area contributed by atoms with E-state index in [1.165, 1.54) is 16.8 Å². The second-order valence-electron chi connectivity index (χ2n) is 9.49. The van der Waals surface area contributed by atoms with Crippen molar-refractivity contribution >= 4 is 11.8 Å². The number of allylic oxidation sites excluding steroid dienone is 5. The molecule has 1 aliphatic rings. The van der Waals surface area contributed by atoms with E-state index in [9.17, 15) is 4.79 Å². The Hall–Kier alpha value is -2.04. The van der Waals surface area contributed by atoms with Crippen LogP contribution in [0.15, 0.2) is 40.2 Å². The summed E-state index contributed by atoms with van der Waals surface area (Å²) < 4.78 is 5.58. The van der Waals surface area contributed by atoms with E-state index in [2.05, 4.69) is 65.5 Å². The van der Waals surface area contributed by atoms with Gasteiger partial charge in [0, 0.05) is 48.9 Å². The van der Waals surface area contributed by atoms with Gasteiger partial charge in [0.2, 0.25) is 0 Å². The van der Waals surface area contributed by atoms with Gasteiger partial charge in [-0.1, -0.05) is 32.9 Å². The van der Waals surface area contributed by atoms with Gasteiger partial charge in [0.05, 0.1) is 0 Å². The molecule has 1 saturated heterocycles. The van der Waals surface area contributed by atoms with Crippen LogP contribution in [0.4, 0.5) is 4.79 Å². The Morgan fingerprint density at radius 3 is 2.35 bits per heavy atom. The normalized spacial score (nSPS) is 20.8. The molecule has 1 rings (SSSR count). The molecule has 0 aromatic rings. The fraction of sp³-hybridized carbons (Fsp3) is 0.692. The molecular formula is C26H45N3O2. The first-order valence-corrected chi connectivity index (χ1v) is 11.8. The second kappa shape index (κ2) is 12.1. The summed E-state index contributed by atoms with van der Waals surface area (Å²) in [5.74, 6) is 0.452. The number of hydrogen-bond donors (Lipinski definition) is 0. The van der Waals surface area contributed by atoms with Gasteiger partial charge in [0.25, 0.3) is 0 Å². The number of amides is 1.